The lowest BCUT2D eigenvalue weighted by Gasteiger charge is -2.23. The van der Waals surface area contributed by atoms with Crippen LogP contribution in [0.25, 0.3) is 0 Å². The molecule has 96 valence electrons. The predicted molar refractivity (Wildman–Crippen MR) is 68.0 cm³/mol. The highest BCUT2D eigenvalue weighted by molar-refractivity contribution is 6.69. The van der Waals surface area contributed by atoms with Crippen LogP contribution in [0.3, 0.4) is 0 Å². The number of hydrogen-bond donors (Lipinski definition) is 1. The van der Waals surface area contributed by atoms with Crippen molar-refractivity contribution in [2.75, 3.05) is 19.7 Å². The average Bonchev–Trinajstić information content (AvgIpc) is 2.10. The Hall–Kier alpha value is -0.393. The van der Waals surface area contributed by atoms with Crippen molar-refractivity contribution in [1.29, 1.82) is 0 Å². The molecule has 0 aliphatic heterocycles. The van der Waals surface area contributed by atoms with E-state index < -0.39 is 8.32 Å². The molecule has 16 heavy (non-hydrogen) atoms. The first kappa shape index (κ1) is 15.6. The number of ether oxygens (including phenoxy) is 1. The highest BCUT2D eigenvalue weighted by Gasteiger charge is 2.17. The summed E-state index contributed by atoms with van der Waals surface area (Å²) in [5.41, 5.74) is 0. The summed E-state index contributed by atoms with van der Waals surface area (Å²) >= 11 is 0. The SMILES string of the molecule is CCOC(=O)CCNCC(C)O[Si](C)(C)C. The average molecular weight is 247 g/mol. The minimum absolute atomic E-state index is 0.145. The molecule has 0 rings (SSSR count). The number of esters is 1. The quantitative estimate of drug-likeness (QED) is 0.403. The van der Waals surface area contributed by atoms with E-state index in [1.807, 2.05) is 6.92 Å². The Morgan fingerprint density at radius 2 is 2.00 bits per heavy atom. The van der Waals surface area contributed by atoms with Crippen LogP contribution in [0.1, 0.15) is 20.3 Å². The molecule has 0 aliphatic rings. The summed E-state index contributed by atoms with van der Waals surface area (Å²) in [5.74, 6) is -0.145. The minimum Gasteiger partial charge on any atom is -0.466 e. The maximum atomic E-state index is 11.0. The molecule has 0 aromatic heterocycles. The molecule has 0 bridgehead atoms. The van der Waals surface area contributed by atoms with Crippen LogP contribution in [-0.4, -0.2) is 40.1 Å². The van der Waals surface area contributed by atoms with Crippen LogP contribution in [0.5, 0.6) is 0 Å². The molecule has 5 heteroatoms. The molecule has 0 aromatic rings. The molecule has 0 aromatic carbocycles. The van der Waals surface area contributed by atoms with Gasteiger partial charge in [0.1, 0.15) is 0 Å². The number of carbonyl (C=O) groups excluding carboxylic acids is 1. The summed E-state index contributed by atoms with van der Waals surface area (Å²) in [7, 11) is -1.45. The molecule has 1 atom stereocenters. The summed E-state index contributed by atoms with van der Waals surface area (Å²) in [6.45, 7) is 12.3. The normalized spacial score (nSPS) is 13.6. The van der Waals surface area contributed by atoms with E-state index in [-0.39, 0.29) is 12.1 Å². The van der Waals surface area contributed by atoms with Gasteiger partial charge in [-0.15, -0.1) is 0 Å². The lowest BCUT2D eigenvalue weighted by molar-refractivity contribution is -0.142. The Kier molecular flexibility index (Phi) is 7.62. The third-order valence-electron chi connectivity index (χ3n) is 1.80. The van der Waals surface area contributed by atoms with E-state index in [4.69, 9.17) is 9.16 Å². The van der Waals surface area contributed by atoms with Gasteiger partial charge in [-0.3, -0.25) is 4.79 Å². The van der Waals surface area contributed by atoms with Crippen LogP contribution in [0.2, 0.25) is 19.6 Å². The van der Waals surface area contributed by atoms with Crippen molar-refractivity contribution in [3.8, 4) is 0 Å². The Morgan fingerprint density at radius 3 is 2.50 bits per heavy atom. The lowest BCUT2D eigenvalue weighted by atomic mass is 10.4. The van der Waals surface area contributed by atoms with Crippen molar-refractivity contribution in [3.63, 3.8) is 0 Å². The Morgan fingerprint density at radius 1 is 1.38 bits per heavy atom. The monoisotopic (exact) mass is 247 g/mol. The highest BCUT2D eigenvalue weighted by Crippen LogP contribution is 2.06. The van der Waals surface area contributed by atoms with Crippen LogP contribution in [0.15, 0.2) is 0 Å². The van der Waals surface area contributed by atoms with Crippen LogP contribution in [0.4, 0.5) is 0 Å². The van der Waals surface area contributed by atoms with E-state index >= 15 is 0 Å². The Balaban J connectivity index is 3.48. The molecular weight excluding hydrogens is 222 g/mol. The summed E-state index contributed by atoms with van der Waals surface area (Å²) < 4.78 is 10.7. The van der Waals surface area contributed by atoms with E-state index in [2.05, 4.69) is 31.9 Å². The number of nitrogens with one attached hydrogen (secondary N) is 1. The molecule has 0 amide bonds. The maximum absolute atomic E-state index is 11.0. The molecule has 0 radical (unpaired) electrons. The van der Waals surface area contributed by atoms with E-state index in [0.29, 0.717) is 19.6 Å². The maximum Gasteiger partial charge on any atom is 0.307 e. The van der Waals surface area contributed by atoms with Gasteiger partial charge < -0.3 is 14.5 Å². The molecule has 4 nitrogen and oxygen atoms in total. The van der Waals surface area contributed by atoms with E-state index in [0.717, 1.165) is 6.54 Å². The molecule has 0 aliphatic carbocycles. The Bertz CT molecular complexity index is 204. The second-order valence-corrected chi connectivity index (χ2v) is 9.26. The van der Waals surface area contributed by atoms with Gasteiger partial charge in [0.2, 0.25) is 0 Å². The molecule has 0 saturated heterocycles. The van der Waals surface area contributed by atoms with Gasteiger partial charge >= 0.3 is 5.97 Å². The van der Waals surface area contributed by atoms with E-state index in [9.17, 15) is 4.79 Å². The van der Waals surface area contributed by atoms with Crippen LogP contribution in [0, 0.1) is 0 Å². The summed E-state index contributed by atoms with van der Waals surface area (Å²) in [6, 6.07) is 0. The fourth-order valence-electron chi connectivity index (χ4n) is 1.37. The zero-order valence-corrected chi connectivity index (χ0v) is 12.1. The zero-order chi connectivity index (χ0) is 12.6. The first-order chi connectivity index (χ1) is 7.35. The summed E-state index contributed by atoms with van der Waals surface area (Å²) in [4.78, 5) is 11.0. The van der Waals surface area contributed by atoms with Gasteiger partial charge in [0.05, 0.1) is 19.1 Å². The van der Waals surface area contributed by atoms with Gasteiger partial charge in [-0.05, 0) is 33.5 Å². The number of carbonyl (C=O) groups is 1. The third-order valence-corrected chi connectivity index (χ3v) is 2.91. The van der Waals surface area contributed by atoms with Crippen molar-refractivity contribution >= 4 is 14.3 Å². The molecule has 1 unspecified atom stereocenters. The van der Waals surface area contributed by atoms with Crippen LogP contribution < -0.4 is 5.32 Å². The van der Waals surface area contributed by atoms with Crippen molar-refractivity contribution in [2.24, 2.45) is 0 Å². The molecular formula is C11H25NO3Si. The fraction of sp³-hybridized carbons (Fsp3) is 0.909. The van der Waals surface area contributed by atoms with Gasteiger partial charge in [-0.2, -0.15) is 0 Å². The van der Waals surface area contributed by atoms with Gasteiger partial charge in [0.15, 0.2) is 8.32 Å². The molecule has 0 spiro atoms. The smallest absolute Gasteiger partial charge is 0.307 e. The van der Waals surface area contributed by atoms with Crippen molar-refractivity contribution in [2.45, 2.75) is 46.0 Å². The minimum atomic E-state index is -1.45. The number of hydrogen-bond acceptors (Lipinski definition) is 4. The van der Waals surface area contributed by atoms with Crippen molar-refractivity contribution in [3.05, 3.63) is 0 Å². The van der Waals surface area contributed by atoms with Gasteiger partial charge in [0.25, 0.3) is 0 Å². The van der Waals surface area contributed by atoms with Crippen molar-refractivity contribution < 1.29 is 14.0 Å². The third kappa shape index (κ3) is 10.1. The van der Waals surface area contributed by atoms with Crippen LogP contribution >= 0.6 is 0 Å². The van der Waals surface area contributed by atoms with Crippen LogP contribution in [-0.2, 0) is 14.0 Å². The fourth-order valence-corrected chi connectivity index (χ4v) is 2.66. The van der Waals surface area contributed by atoms with Crippen molar-refractivity contribution in [1.82, 2.24) is 5.32 Å². The van der Waals surface area contributed by atoms with E-state index in [1.54, 1.807) is 0 Å². The first-order valence-corrected chi connectivity index (χ1v) is 9.30. The summed E-state index contributed by atoms with van der Waals surface area (Å²) in [5, 5.41) is 3.19. The standard InChI is InChI=1S/C11H25NO3Si/c1-6-14-11(13)7-8-12-9-10(2)15-16(3,4)5/h10,12H,6-9H2,1-5H3. The second-order valence-electron chi connectivity index (χ2n) is 4.80. The topological polar surface area (TPSA) is 47.6 Å². The second kappa shape index (κ2) is 7.81. The first-order valence-electron chi connectivity index (χ1n) is 5.89. The molecule has 0 saturated carbocycles. The van der Waals surface area contributed by atoms with E-state index in [1.165, 1.54) is 0 Å². The molecule has 0 heterocycles. The zero-order valence-electron chi connectivity index (χ0n) is 11.1. The van der Waals surface area contributed by atoms with Gasteiger partial charge in [0, 0.05) is 13.1 Å². The van der Waals surface area contributed by atoms with Gasteiger partial charge in [-0.25, -0.2) is 0 Å². The largest absolute Gasteiger partial charge is 0.466 e. The highest BCUT2D eigenvalue weighted by atomic mass is 28.4. The predicted octanol–water partition coefficient (Wildman–Crippen LogP) is 1.77. The molecule has 0 fully saturated rings. The lowest BCUT2D eigenvalue weighted by Crippen LogP contribution is -2.37. The van der Waals surface area contributed by atoms with Gasteiger partial charge in [-0.1, -0.05) is 0 Å². The number of rotatable bonds is 8. The summed E-state index contributed by atoms with van der Waals surface area (Å²) in [6.07, 6.45) is 0.627. The molecule has 1 N–H and O–H groups in total. The Labute approximate surface area is 99.8 Å².